The van der Waals surface area contributed by atoms with Crippen molar-refractivity contribution in [1.29, 1.82) is 0 Å². The van der Waals surface area contributed by atoms with Crippen LogP contribution in [0.3, 0.4) is 0 Å². The minimum absolute atomic E-state index is 0.201. The number of halogens is 3. The zero-order valence-electron chi connectivity index (χ0n) is 11.1. The van der Waals surface area contributed by atoms with E-state index in [0.29, 0.717) is 13.2 Å². The van der Waals surface area contributed by atoms with Gasteiger partial charge in [0.15, 0.2) is 0 Å². The second-order valence-electron chi connectivity index (χ2n) is 4.08. The molecule has 0 aromatic carbocycles. The summed E-state index contributed by atoms with van der Waals surface area (Å²) in [7, 11) is 1.51. The monoisotopic (exact) mass is 291 g/mol. The standard InChI is InChI=1S/C12H16F3N3O2/c1-8(11(19)16-5-6-20-2)18-10-4-3-9(7-17-10)12(13,14)15/h3-4,7-8H,5-6H2,1-2H3,(H,16,19)(H,17,18). The summed E-state index contributed by atoms with van der Waals surface area (Å²) in [5.41, 5.74) is -0.833. The Morgan fingerprint density at radius 2 is 2.15 bits per heavy atom. The zero-order chi connectivity index (χ0) is 15.2. The number of nitrogens with one attached hydrogen (secondary N) is 2. The molecule has 0 saturated heterocycles. The molecule has 112 valence electrons. The van der Waals surface area contributed by atoms with Gasteiger partial charge >= 0.3 is 6.18 Å². The summed E-state index contributed by atoms with van der Waals surface area (Å²) in [6.45, 7) is 2.33. The number of methoxy groups -OCH3 is 1. The highest BCUT2D eigenvalue weighted by atomic mass is 19.4. The van der Waals surface area contributed by atoms with Crippen LogP contribution in [0.2, 0.25) is 0 Å². The van der Waals surface area contributed by atoms with Gasteiger partial charge in [-0.05, 0) is 19.1 Å². The maximum atomic E-state index is 12.3. The van der Waals surface area contributed by atoms with Crippen molar-refractivity contribution < 1.29 is 22.7 Å². The Hall–Kier alpha value is -1.83. The van der Waals surface area contributed by atoms with E-state index in [-0.39, 0.29) is 11.7 Å². The molecule has 0 aliphatic rings. The lowest BCUT2D eigenvalue weighted by atomic mass is 10.2. The van der Waals surface area contributed by atoms with Gasteiger partial charge in [-0.3, -0.25) is 4.79 Å². The molecule has 20 heavy (non-hydrogen) atoms. The summed E-state index contributed by atoms with van der Waals surface area (Å²) < 4.78 is 41.8. The second-order valence-corrected chi connectivity index (χ2v) is 4.08. The quantitative estimate of drug-likeness (QED) is 0.783. The van der Waals surface area contributed by atoms with Crippen LogP contribution >= 0.6 is 0 Å². The van der Waals surface area contributed by atoms with Gasteiger partial charge < -0.3 is 15.4 Å². The number of anilines is 1. The molecule has 1 heterocycles. The summed E-state index contributed by atoms with van der Waals surface area (Å²) in [6.07, 6.45) is -3.70. The maximum Gasteiger partial charge on any atom is 0.417 e. The van der Waals surface area contributed by atoms with Crippen LogP contribution in [0.4, 0.5) is 19.0 Å². The number of aromatic nitrogens is 1. The van der Waals surface area contributed by atoms with Crippen LogP contribution in [0.25, 0.3) is 0 Å². The molecule has 0 radical (unpaired) electrons. The molecule has 0 fully saturated rings. The van der Waals surface area contributed by atoms with Gasteiger partial charge in [-0.15, -0.1) is 0 Å². The molecular weight excluding hydrogens is 275 g/mol. The average Bonchev–Trinajstić information content (AvgIpc) is 2.38. The van der Waals surface area contributed by atoms with Gasteiger partial charge in [-0.2, -0.15) is 13.2 Å². The van der Waals surface area contributed by atoms with Crippen LogP contribution < -0.4 is 10.6 Å². The smallest absolute Gasteiger partial charge is 0.383 e. The van der Waals surface area contributed by atoms with Crippen LogP contribution in [0, 0.1) is 0 Å². The van der Waals surface area contributed by atoms with Crippen LogP contribution in [0.15, 0.2) is 18.3 Å². The van der Waals surface area contributed by atoms with E-state index < -0.39 is 17.8 Å². The summed E-state index contributed by atoms with van der Waals surface area (Å²) in [6, 6.07) is 1.48. The number of hydrogen-bond acceptors (Lipinski definition) is 4. The van der Waals surface area contributed by atoms with Gasteiger partial charge in [-0.1, -0.05) is 0 Å². The Morgan fingerprint density at radius 3 is 2.65 bits per heavy atom. The Morgan fingerprint density at radius 1 is 1.45 bits per heavy atom. The van der Waals surface area contributed by atoms with Crippen LogP contribution in [0.5, 0.6) is 0 Å². The highest BCUT2D eigenvalue weighted by Gasteiger charge is 2.30. The number of amides is 1. The fraction of sp³-hybridized carbons (Fsp3) is 0.500. The molecule has 1 aromatic rings. The molecule has 1 rings (SSSR count). The molecule has 0 spiro atoms. The Bertz CT molecular complexity index is 435. The highest BCUT2D eigenvalue weighted by molar-refractivity contribution is 5.83. The number of hydrogen-bond donors (Lipinski definition) is 2. The number of ether oxygens (including phenoxy) is 1. The van der Waals surface area contributed by atoms with E-state index >= 15 is 0 Å². The van der Waals surface area contributed by atoms with Gasteiger partial charge in [0.25, 0.3) is 0 Å². The lowest BCUT2D eigenvalue weighted by Gasteiger charge is -2.15. The largest absolute Gasteiger partial charge is 0.417 e. The first-order chi connectivity index (χ1) is 9.34. The van der Waals surface area contributed by atoms with Crippen molar-refractivity contribution in [3.63, 3.8) is 0 Å². The molecule has 1 unspecified atom stereocenters. The highest BCUT2D eigenvalue weighted by Crippen LogP contribution is 2.28. The second kappa shape index (κ2) is 7.09. The van der Waals surface area contributed by atoms with Crippen molar-refractivity contribution in [3.05, 3.63) is 23.9 Å². The predicted octanol–water partition coefficient (Wildman–Crippen LogP) is 1.66. The summed E-state index contributed by atoms with van der Waals surface area (Å²) in [4.78, 5) is 15.2. The van der Waals surface area contributed by atoms with Crippen molar-refractivity contribution in [2.75, 3.05) is 25.6 Å². The summed E-state index contributed by atoms with van der Waals surface area (Å²) in [5.74, 6) is -0.0869. The van der Waals surface area contributed by atoms with E-state index in [9.17, 15) is 18.0 Å². The number of alkyl halides is 3. The van der Waals surface area contributed by atoms with Gasteiger partial charge in [0.2, 0.25) is 5.91 Å². The van der Waals surface area contributed by atoms with Gasteiger partial charge in [0, 0.05) is 19.9 Å². The number of carbonyl (C=O) groups excluding carboxylic acids is 1. The van der Waals surface area contributed by atoms with Crippen LogP contribution in [0.1, 0.15) is 12.5 Å². The van der Waals surface area contributed by atoms with E-state index in [0.717, 1.165) is 12.3 Å². The molecule has 0 bridgehead atoms. The van der Waals surface area contributed by atoms with E-state index in [1.165, 1.54) is 13.2 Å². The minimum Gasteiger partial charge on any atom is -0.383 e. The Kier molecular flexibility index (Phi) is 5.75. The van der Waals surface area contributed by atoms with Crippen molar-refractivity contribution in [2.45, 2.75) is 19.1 Å². The maximum absolute atomic E-state index is 12.3. The van der Waals surface area contributed by atoms with Crippen molar-refractivity contribution >= 4 is 11.7 Å². The first-order valence-electron chi connectivity index (χ1n) is 5.91. The molecule has 8 heteroatoms. The topological polar surface area (TPSA) is 63.2 Å². The Balaban J connectivity index is 2.53. The lowest BCUT2D eigenvalue weighted by Crippen LogP contribution is -2.39. The fourth-order valence-corrected chi connectivity index (χ4v) is 1.36. The number of pyridine rings is 1. The lowest BCUT2D eigenvalue weighted by molar-refractivity contribution is -0.137. The van der Waals surface area contributed by atoms with Crippen molar-refractivity contribution in [2.24, 2.45) is 0 Å². The van der Waals surface area contributed by atoms with E-state index in [1.54, 1.807) is 6.92 Å². The van der Waals surface area contributed by atoms with Crippen LogP contribution in [-0.4, -0.2) is 37.2 Å². The molecule has 2 N–H and O–H groups in total. The van der Waals surface area contributed by atoms with Gasteiger partial charge in [0.05, 0.1) is 12.2 Å². The molecule has 1 amide bonds. The first-order valence-corrected chi connectivity index (χ1v) is 5.91. The Labute approximate surface area is 114 Å². The molecule has 1 atom stereocenters. The summed E-state index contributed by atoms with van der Waals surface area (Å²) >= 11 is 0. The van der Waals surface area contributed by atoms with Gasteiger partial charge in [0.1, 0.15) is 11.9 Å². The molecule has 5 nitrogen and oxygen atoms in total. The van der Waals surface area contributed by atoms with Gasteiger partial charge in [-0.25, -0.2) is 4.98 Å². The van der Waals surface area contributed by atoms with Crippen molar-refractivity contribution in [1.82, 2.24) is 10.3 Å². The minimum atomic E-state index is -4.42. The first kappa shape index (κ1) is 16.2. The third-order valence-electron chi connectivity index (χ3n) is 2.45. The molecule has 0 saturated carbocycles. The third-order valence-corrected chi connectivity index (χ3v) is 2.45. The van der Waals surface area contributed by atoms with E-state index in [1.807, 2.05) is 0 Å². The zero-order valence-corrected chi connectivity index (χ0v) is 11.1. The van der Waals surface area contributed by atoms with E-state index in [4.69, 9.17) is 4.74 Å². The average molecular weight is 291 g/mol. The predicted molar refractivity (Wildman–Crippen MR) is 67.2 cm³/mol. The number of rotatable bonds is 6. The number of nitrogens with zero attached hydrogens (tertiary/aromatic N) is 1. The molecular formula is C12H16F3N3O2. The van der Waals surface area contributed by atoms with Crippen LogP contribution in [-0.2, 0) is 15.7 Å². The summed E-state index contributed by atoms with van der Waals surface area (Å²) in [5, 5.41) is 5.32. The SMILES string of the molecule is COCCNC(=O)C(C)Nc1ccc(C(F)(F)F)cn1. The molecule has 0 aliphatic heterocycles. The molecule has 1 aromatic heterocycles. The normalized spacial score (nSPS) is 12.8. The fourth-order valence-electron chi connectivity index (χ4n) is 1.36. The third kappa shape index (κ3) is 5.04. The van der Waals surface area contributed by atoms with E-state index in [2.05, 4.69) is 15.6 Å². The number of carbonyl (C=O) groups is 1. The van der Waals surface area contributed by atoms with Crippen molar-refractivity contribution in [3.8, 4) is 0 Å². The molecule has 0 aliphatic carbocycles.